The molecule has 1 aromatic carbocycles. The zero-order chi connectivity index (χ0) is 17.8. The Morgan fingerprint density at radius 1 is 1.38 bits per heavy atom. The average Bonchev–Trinajstić information content (AvgIpc) is 3.24. The predicted molar refractivity (Wildman–Crippen MR) is 106 cm³/mol. The Bertz CT molecular complexity index is 763. The summed E-state index contributed by atoms with van der Waals surface area (Å²) in [5.41, 5.74) is 7.84. The van der Waals surface area contributed by atoms with E-state index in [2.05, 4.69) is 10.3 Å². The molecule has 8 heteroatoms. The van der Waals surface area contributed by atoms with E-state index in [4.69, 9.17) is 5.73 Å². The van der Waals surface area contributed by atoms with Gasteiger partial charge in [0.1, 0.15) is 5.69 Å². The molecule has 0 aliphatic carbocycles. The molecule has 6 nitrogen and oxygen atoms in total. The van der Waals surface area contributed by atoms with Crippen LogP contribution in [0.25, 0.3) is 0 Å². The Balaban J connectivity index is 0.00000243. The average molecular weight is 395 g/mol. The van der Waals surface area contributed by atoms with Gasteiger partial charge in [-0.05, 0) is 37.6 Å². The van der Waals surface area contributed by atoms with Crippen molar-refractivity contribution in [2.75, 3.05) is 18.0 Å². The number of aromatic nitrogens is 1. The molecule has 1 aromatic heterocycles. The first kappa shape index (κ1) is 20.4. The number of thiazole rings is 1. The number of amides is 2. The molecule has 2 amide bonds. The van der Waals surface area contributed by atoms with Crippen molar-refractivity contribution >= 4 is 41.2 Å². The molecule has 1 atom stereocenters. The van der Waals surface area contributed by atoms with Crippen LogP contribution in [0.3, 0.4) is 0 Å². The number of rotatable bonds is 6. The van der Waals surface area contributed by atoms with E-state index in [9.17, 15) is 9.59 Å². The normalized spacial score (nSPS) is 14.8. The van der Waals surface area contributed by atoms with E-state index in [-0.39, 0.29) is 30.3 Å². The third-order valence-corrected chi connectivity index (χ3v) is 5.18. The summed E-state index contributed by atoms with van der Waals surface area (Å²) < 4.78 is 0. The minimum absolute atomic E-state index is 0. The van der Waals surface area contributed by atoms with Crippen LogP contribution in [-0.4, -0.2) is 29.9 Å². The number of hydrogen-bond acceptors (Lipinski definition) is 5. The smallest absolute Gasteiger partial charge is 0.271 e. The molecule has 0 spiro atoms. The Labute approximate surface area is 163 Å². The Hall–Kier alpha value is -1.96. The lowest BCUT2D eigenvalue weighted by Crippen LogP contribution is -2.27. The van der Waals surface area contributed by atoms with Gasteiger partial charge in [-0.3, -0.25) is 9.59 Å². The fraction of sp³-hybridized carbons (Fsp3) is 0.389. The van der Waals surface area contributed by atoms with Crippen molar-refractivity contribution in [1.82, 2.24) is 10.3 Å². The Morgan fingerprint density at radius 3 is 2.73 bits per heavy atom. The second-order valence-electron chi connectivity index (χ2n) is 6.10. The highest BCUT2D eigenvalue weighted by Gasteiger charge is 2.22. The molecule has 26 heavy (non-hydrogen) atoms. The molecule has 2 heterocycles. The van der Waals surface area contributed by atoms with Gasteiger partial charge in [-0.2, -0.15) is 0 Å². The van der Waals surface area contributed by atoms with Crippen LogP contribution in [0.2, 0.25) is 0 Å². The van der Waals surface area contributed by atoms with Crippen LogP contribution >= 0.6 is 23.7 Å². The number of carbonyl (C=O) groups excluding carboxylic acids is 2. The van der Waals surface area contributed by atoms with Crippen molar-refractivity contribution in [1.29, 1.82) is 0 Å². The molecule has 0 saturated carbocycles. The molecule has 0 radical (unpaired) electrons. The first-order chi connectivity index (χ1) is 12.1. The summed E-state index contributed by atoms with van der Waals surface area (Å²) in [5, 5.41) is 5.59. The quantitative estimate of drug-likeness (QED) is 0.788. The largest absolute Gasteiger partial charge is 0.344 e. The first-order valence-corrected chi connectivity index (χ1v) is 9.32. The Morgan fingerprint density at radius 2 is 2.12 bits per heavy atom. The monoisotopic (exact) mass is 394 g/mol. The standard InChI is InChI=1S/C18H22N4O2S.ClH/c1-12(20-18(24)15-11-25-16(21-15)8-9-19)13-4-6-14(7-5-13)22-10-2-3-17(22)23;/h4-7,11-12H,2-3,8-10,19H2,1H3,(H,20,24);1H. The highest BCUT2D eigenvalue weighted by Crippen LogP contribution is 2.23. The van der Waals surface area contributed by atoms with Gasteiger partial charge in [-0.1, -0.05) is 12.1 Å². The maximum absolute atomic E-state index is 12.3. The molecule has 0 bridgehead atoms. The summed E-state index contributed by atoms with van der Waals surface area (Å²) in [7, 11) is 0. The molecule has 3 N–H and O–H groups in total. The van der Waals surface area contributed by atoms with E-state index in [1.165, 1.54) is 11.3 Å². The maximum atomic E-state index is 12.3. The van der Waals surface area contributed by atoms with Gasteiger partial charge in [0.2, 0.25) is 5.91 Å². The van der Waals surface area contributed by atoms with Crippen molar-refractivity contribution < 1.29 is 9.59 Å². The van der Waals surface area contributed by atoms with Crippen LogP contribution in [0, 0.1) is 0 Å². The molecule has 1 saturated heterocycles. The van der Waals surface area contributed by atoms with Crippen molar-refractivity contribution in [3.63, 3.8) is 0 Å². The summed E-state index contributed by atoms with van der Waals surface area (Å²) in [5.74, 6) is -0.0169. The van der Waals surface area contributed by atoms with Gasteiger partial charge in [0.25, 0.3) is 5.91 Å². The number of benzene rings is 1. The van der Waals surface area contributed by atoms with E-state index < -0.39 is 0 Å². The molecule has 1 fully saturated rings. The van der Waals surface area contributed by atoms with Crippen molar-refractivity contribution in [2.24, 2.45) is 5.73 Å². The predicted octanol–water partition coefficient (Wildman–Crippen LogP) is 2.68. The summed E-state index contributed by atoms with van der Waals surface area (Å²) >= 11 is 1.45. The summed E-state index contributed by atoms with van der Waals surface area (Å²) in [4.78, 5) is 30.2. The van der Waals surface area contributed by atoms with Crippen LogP contribution in [0.1, 0.15) is 46.9 Å². The zero-order valence-corrected chi connectivity index (χ0v) is 16.2. The van der Waals surface area contributed by atoms with E-state index in [1.54, 1.807) is 10.3 Å². The lowest BCUT2D eigenvalue weighted by molar-refractivity contribution is -0.117. The molecule has 3 rings (SSSR count). The summed E-state index contributed by atoms with van der Waals surface area (Å²) in [6, 6.07) is 7.63. The second-order valence-corrected chi connectivity index (χ2v) is 7.04. The second kappa shape index (κ2) is 9.12. The van der Waals surface area contributed by atoms with Gasteiger partial charge in [0, 0.05) is 30.5 Å². The number of nitrogens with zero attached hydrogens (tertiary/aromatic N) is 2. The SMILES string of the molecule is CC(NC(=O)c1csc(CCN)n1)c1ccc(N2CCCC2=O)cc1.Cl. The minimum atomic E-state index is -0.189. The zero-order valence-electron chi connectivity index (χ0n) is 14.6. The van der Waals surface area contributed by atoms with Crippen molar-refractivity contribution in [3.05, 3.63) is 45.9 Å². The van der Waals surface area contributed by atoms with Gasteiger partial charge in [0.05, 0.1) is 11.0 Å². The molecule has 140 valence electrons. The highest BCUT2D eigenvalue weighted by molar-refractivity contribution is 7.09. The van der Waals surface area contributed by atoms with Crippen molar-refractivity contribution in [3.8, 4) is 0 Å². The van der Waals surface area contributed by atoms with Crippen LogP contribution in [0.4, 0.5) is 5.69 Å². The number of nitrogens with two attached hydrogens (primary N) is 1. The highest BCUT2D eigenvalue weighted by atomic mass is 35.5. The lowest BCUT2D eigenvalue weighted by Gasteiger charge is -2.18. The van der Waals surface area contributed by atoms with Crippen LogP contribution < -0.4 is 16.0 Å². The number of carbonyl (C=O) groups is 2. The molecular formula is C18H23ClN4O2S. The molecule has 1 aliphatic heterocycles. The molecule has 1 aliphatic rings. The number of halogens is 1. The summed E-state index contributed by atoms with van der Waals surface area (Å²) in [6.45, 7) is 3.23. The van der Waals surface area contributed by atoms with E-state index in [0.29, 0.717) is 25.1 Å². The maximum Gasteiger partial charge on any atom is 0.271 e. The Kier molecular flexibility index (Phi) is 7.14. The number of hydrogen-bond donors (Lipinski definition) is 2. The molecule has 1 unspecified atom stereocenters. The van der Waals surface area contributed by atoms with Gasteiger partial charge >= 0.3 is 0 Å². The fourth-order valence-corrected chi connectivity index (χ4v) is 3.67. The van der Waals surface area contributed by atoms with Gasteiger partial charge in [-0.25, -0.2) is 4.98 Å². The third-order valence-electron chi connectivity index (χ3n) is 4.27. The van der Waals surface area contributed by atoms with Gasteiger partial charge < -0.3 is 16.0 Å². The summed E-state index contributed by atoms with van der Waals surface area (Å²) in [6.07, 6.45) is 2.21. The fourth-order valence-electron chi connectivity index (χ4n) is 2.87. The van der Waals surface area contributed by atoms with E-state index >= 15 is 0 Å². The van der Waals surface area contributed by atoms with Crippen LogP contribution in [0.15, 0.2) is 29.6 Å². The van der Waals surface area contributed by atoms with Gasteiger partial charge in [-0.15, -0.1) is 23.7 Å². The number of anilines is 1. The van der Waals surface area contributed by atoms with Crippen molar-refractivity contribution in [2.45, 2.75) is 32.2 Å². The minimum Gasteiger partial charge on any atom is -0.344 e. The molecule has 2 aromatic rings. The first-order valence-electron chi connectivity index (χ1n) is 8.44. The van der Waals surface area contributed by atoms with E-state index in [0.717, 1.165) is 29.2 Å². The molecular weight excluding hydrogens is 372 g/mol. The topological polar surface area (TPSA) is 88.3 Å². The number of nitrogens with one attached hydrogen (secondary N) is 1. The lowest BCUT2D eigenvalue weighted by atomic mass is 10.1. The van der Waals surface area contributed by atoms with Crippen LogP contribution in [0.5, 0.6) is 0 Å². The van der Waals surface area contributed by atoms with E-state index in [1.807, 2.05) is 31.2 Å². The van der Waals surface area contributed by atoms with Gasteiger partial charge in [0.15, 0.2) is 0 Å². The van der Waals surface area contributed by atoms with Crippen LogP contribution in [-0.2, 0) is 11.2 Å². The third kappa shape index (κ3) is 4.60.